The van der Waals surface area contributed by atoms with Crippen LogP contribution in [0.5, 0.6) is 5.75 Å². The van der Waals surface area contributed by atoms with Gasteiger partial charge in [0.1, 0.15) is 11.8 Å². The first-order chi connectivity index (χ1) is 13.4. The SMILES string of the molecule is COc1cc([N+](=O)[O-])ccc1N1C(=O)C[C@@H](NNC(=O)c2ccccc2)C1=O. The summed E-state index contributed by atoms with van der Waals surface area (Å²) in [6.07, 6.45) is -0.186. The number of benzene rings is 2. The van der Waals surface area contributed by atoms with Gasteiger partial charge in [-0.2, -0.15) is 0 Å². The molecule has 0 unspecified atom stereocenters. The molecule has 1 fully saturated rings. The second kappa shape index (κ2) is 7.84. The molecule has 1 aliphatic rings. The Hall–Kier alpha value is -3.79. The van der Waals surface area contributed by atoms with Crippen LogP contribution in [0.2, 0.25) is 0 Å². The molecule has 2 aromatic rings. The molecule has 2 N–H and O–H groups in total. The molecule has 0 saturated carbocycles. The minimum absolute atomic E-state index is 0.0184. The Kier molecular flexibility index (Phi) is 5.32. The molecule has 0 radical (unpaired) electrons. The summed E-state index contributed by atoms with van der Waals surface area (Å²) in [4.78, 5) is 48.3. The lowest BCUT2D eigenvalue weighted by atomic mass is 10.2. The van der Waals surface area contributed by atoms with Crippen LogP contribution in [-0.4, -0.2) is 35.8 Å². The fourth-order valence-electron chi connectivity index (χ4n) is 2.78. The molecule has 3 rings (SSSR count). The Bertz CT molecular complexity index is 946. The number of imide groups is 1. The number of methoxy groups -OCH3 is 1. The van der Waals surface area contributed by atoms with Gasteiger partial charge in [-0.15, -0.1) is 0 Å². The number of hydrazine groups is 1. The van der Waals surface area contributed by atoms with Gasteiger partial charge < -0.3 is 4.74 Å². The first-order valence-corrected chi connectivity index (χ1v) is 8.22. The number of nitro groups is 1. The van der Waals surface area contributed by atoms with Gasteiger partial charge in [-0.3, -0.25) is 29.9 Å². The van der Waals surface area contributed by atoms with Crippen molar-refractivity contribution >= 4 is 29.1 Å². The van der Waals surface area contributed by atoms with E-state index in [1.54, 1.807) is 30.3 Å². The number of nitro benzene ring substituents is 1. The summed E-state index contributed by atoms with van der Waals surface area (Å²) in [5.41, 5.74) is 5.23. The first-order valence-electron chi connectivity index (χ1n) is 8.22. The van der Waals surface area contributed by atoms with Crippen LogP contribution < -0.4 is 20.5 Å². The number of non-ortho nitro benzene ring substituents is 1. The lowest BCUT2D eigenvalue weighted by Gasteiger charge is -2.18. The van der Waals surface area contributed by atoms with Crippen LogP contribution in [0, 0.1) is 10.1 Å². The molecule has 0 aromatic heterocycles. The average molecular weight is 384 g/mol. The Balaban J connectivity index is 1.75. The topological polar surface area (TPSA) is 131 Å². The van der Waals surface area contributed by atoms with Crippen LogP contribution in [0.3, 0.4) is 0 Å². The van der Waals surface area contributed by atoms with Gasteiger partial charge in [-0.05, 0) is 18.2 Å². The van der Waals surface area contributed by atoms with Crippen molar-refractivity contribution in [2.45, 2.75) is 12.5 Å². The third-order valence-electron chi connectivity index (χ3n) is 4.16. The predicted octanol–water partition coefficient (Wildman–Crippen LogP) is 1.17. The maximum absolute atomic E-state index is 12.7. The van der Waals surface area contributed by atoms with E-state index in [4.69, 9.17) is 4.74 Å². The molecule has 3 amide bonds. The fourth-order valence-corrected chi connectivity index (χ4v) is 2.78. The first kappa shape index (κ1) is 19.0. The predicted molar refractivity (Wildman–Crippen MR) is 97.6 cm³/mol. The molecular weight excluding hydrogens is 368 g/mol. The number of rotatable bonds is 6. The zero-order valence-corrected chi connectivity index (χ0v) is 14.7. The van der Waals surface area contributed by atoms with E-state index in [1.807, 2.05) is 0 Å². The summed E-state index contributed by atoms with van der Waals surface area (Å²) in [5.74, 6) is -1.56. The van der Waals surface area contributed by atoms with Crippen LogP contribution in [0.4, 0.5) is 11.4 Å². The summed E-state index contributed by atoms with van der Waals surface area (Å²) in [6.45, 7) is 0. The van der Waals surface area contributed by atoms with Crippen molar-refractivity contribution in [3.8, 4) is 5.75 Å². The molecule has 0 bridgehead atoms. The number of carbonyl (C=O) groups is 3. The molecule has 0 aliphatic carbocycles. The number of nitrogens with one attached hydrogen (secondary N) is 2. The van der Waals surface area contributed by atoms with Crippen molar-refractivity contribution in [2.24, 2.45) is 0 Å². The molecule has 0 spiro atoms. The van der Waals surface area contributed by atoms with Gasteiger partial charge in [-0.1, -0.05) is 18.2 Å². The zero-order chi connectivity index (χ0) is 20.3. The molecule has 144 valence electrons. The van der Waals surface area contributed by atoms with Gasteiger partial charge in [0.15, 0.2) is 0 Å². The zero-order valence-electron chi connectivity index (χ0n) is 14.7. The molecular formula is C18H16N4O6. The van der Waals surface area contributed by atoms with Crippen molar-refractivity contribution in [1.29, 1.82) is 0 Å². The monoisotopic (exact) mass is 384 g/mol. The van der Waals surface area contributed by atoms with Crippen molar-refractivity contribution in [3.05, 3.63) is 64.2 Å². The number of nitrogens with zero attached hydrogens (tertiary/aromatic N) is 2. The average Bonchev–Trinajstić information content (AvgIpc) is 2.99. The molecule has 2 aromatic carbocycles. The van der Waals surface area contributed by atoms with E-state index in [2.05, 4.69) is 10.9 Å². The van der Waals surface area contributed by atoms with Crippen LogP contribution in [0.25, 0.3) is 0 Å². The summed E-state index contributed by atoms with van der Waals surface area (Å²) in [6, 6.07) is 11.0. The Morgan fingerprint density at radius 1 is 1.21 bits per heavy atom. The second-order valence-electron chi connectivity index (χ2n) is 5.90. The number of ether oxygens (including phenoxy) is 1. The molecule has 10 nitrogen and oxygen atoms in total. The lowest BCUT2D eigenvalue weighted by Crippen LogP contribution is -2.48. The van der Waals surface area contributed by atoms with Crippen molar-refractivity contribution in [1.82, 2.24) is 10.9 Å². The largest absolute Gasteiger partial charge is 0.494 e. The quantitative estimate of drug-likeness (QED) is 0.434. The summed E-state index contributed by atoms with van der Waals surface area (Å²) >= 11 is 0. The highest BCUT2D eigenvalue weighted by Crippen LogP contribution is 2.34. The van der Waals surface area contributed by atoms with Crippen molar-refractivity contribution in [3.63, 3.8) is 0 Å². The van der Waals surface area contributed by atoms with E-state index in [0.29, 0.717) is 5.56 Å². The number of hydrogen-bond acceptors (Lipinski definition) is 7. The van der Waals surface area contributed by atoms with Gasteiger partial charge in [0, 0.05) is 11.6 Å². The van der Waals surface area contributed by atoms with Gasteiger partial charge in [-0.25, -0.2) is 10.3 Å². The second-order valence-corrected chi connectivity index (χ2v) is 5.90. The maximum Gasteiger partial charge on any atom is 0.273 e. The third kappa shape index (κ3) is 3.67. The van der Waals surface area contributed by atoms with E-state index >= 15 is 0 Å². The highest BCUT2D eigenvalue weighted by atomic mass is 16.6. The molecule has 1 aliphatic heterocycles. The minimum Gasteiger partial charge on any atom is -0.494 e. The normalized spacial score (nSPS) is 16.2. The minimum atomic E-state index is -0.972. The number of hydrogen-bond donors (Lipinski definition) is 2. The van der Waals surface area contributed by atoms with E-state index in [0.717, 1.165) is 11.0 Å². The third-order valence-corrected chi connectivity index (χ3v) is 4.16. The number of carbonyl (C=O) groups excluding carboxylic acids is 3. The Labute approximate surface area is 159 Å². The van der Waals surface area contributed by atoms with Crippen LogP contribution in [-0.2, 0) is 9.59 Å². The molecule has 1 heterocycles. The summed E-state index contributed by atoms with van der Waals surface area (Å²) in [5, 5.41) is 10.9. The number of anilines is 1. The van der Waals surface area contributed by atoms with E-state index in [-0.39, 0.29) is 23.5 Å². The Morgan fingerprint density at radius 3 is 2.57 bits per heavy atom. The van der Waals surface area contributed by atoms with E-state index in [9.17, 15) is 24.5 Å². The number of amides is 3. The smallest absolute Gasteiger partial charge is 0.273 e. The van der Waals surface area contributed by atoms with Crippen LogP contribution >= 0.6 is 0 Å². The van der Waals surface area contributed by atoms with Crippen LogP contribution in [0.1, 0.15) is 16.8 Å². The lowest BCUT2D eigenvalue weighted by molar-refractivity contribution is -0.384. The maximum atomic E-state index is 12.7. The van der Waals surface area contributed by atoms with Crippen molar-refractivity contribution in [2.75, 3.05) is 12.0 Å². The molecule has 10 heteroatoms. The fraction of sp³-hybridized carbons (Fsp3) is 0.167. The van der Waals surface area contributed by atoms with Gasteiger partial charge >= 0.3 is 0 Å². The standard InChI is InChI=1S/C18H16N4O6/c1-28-15-9-12(22(26)27)7-8-14(15)21-16(23)10-13(18(21)25)19-20-17(24)11-5-3-2-4-6-11/h2-9,13,19H,10H2,1H3,(H,20,24)/t13-/m1/s1. The summed E-state index contributed by atoms with van der Waals surface area (Å²) in [7, 11) is 1.28. The van der Waals surface area contributed by atoms with Crippen molar-refractivity contribution < 1.29 is 24.0 Å². The Morgan fingerprint density at radius 2 is 1.93 bits per heavy atom. The highest BCUT2D eigenvalue weighted by molar-refractivity contribution is 6.23. The van der Waals surface area contributed by atoms with E-state index in [1.165, 1.54) is 19.2 Å². The van der Waals surface area contributed by atoms with Gasteiger partial charge in [0.2, 0.25) is 5.91 Å². The molecule has 1 atom stereocenters. The van der Waals surface area contributed by atoms with E-state index < -0.39 is 28.7 Å². The molecule has 1 saturated heterocycles. The molecule has 28 heavy (non-hydrogen) atoms. The van der Waals surface area contributed by atoms with Gasteiger partial charge in [0.05, 0.1) is 30.2 Å². The summed E-state index contributed by atoms with van der Waals surface area (Å²) < 4.78 is 5.10. The van der Waals surface area contributed by atoms with Crippen LogP contribution in [0.15, 0.2) is 48.5 Å². The highest BCUT2D eigenvalue weighted by Gasteiger charge is 2.41. The van der Waals surface area contributed by atoms with Gasteiger partial charge in [0.25, 0.3) is 17.5 Å².